The van der Waals surface area contributed by atoms with E-state index in [-0.39, 0.29) is 5.91 Å². The number of rotatable bonds is 7. The van der Waals surface area contributed by atoms with Gasteiger partial charge in [0.1, 0.15) is 0 Å². The van der Waals surface area contributed by atoms with Crippen LogP contribution in [0.4, 0.5) is 5.69 Å². The molecule has 4 nitrogen and oxygen atoms in total. The van der Waals surface area contributed by atoms with Crippen LogP contribution in [0, 0.1) is 0 Å². The summed E-state index contributed by atoms with van der Waals surface area (Å²) in [7, 11) is 0. The molecule has 0 atom stereocenters. The highest BCUT2D eigenvalue weighted by atomic mass is 32.2. The number of hydrogen-bond donors (Lipinski definition) is 1. The summed E-state index contributed by atoms with van der Waals surface area (Å²) in [5.41, 5.74) is 3.21. The predicted octanol–water partition coefficient (Wildman–Crippen LogP) is 4.46. The van der Waals surface area contributed by atoms with Crippen LogP contribution >= 0.6 is 23.1 Å². The lowest BCUT2D eigenvalue weighted by Crippen LogP contribution is -2.34. The van der Waals surface area contributed by atoms with Gasteiger partial charge in [0, 0.05) is 49.7 Å². The third kappa shape index (κ3) is 5.34. The van der Waals surface area contributed by atoms with Gasteiger partial charge in [-0.2, -0.15) is 11.8 Å². The highest BCUT2D eigenvalue weighted by molar-refractivity contribution is 7.99. The molecule has 2 heterocycles. The second-order valence-corrected chi connectivity index (χ2v) is 9.36. The number of fused-ring (bicyclic) bond motifs is 1. The van der Waals surface area contributed by atoms with Crippen molar-refractivity contribution in [3.8, 4) is 0 Å². The van der Waals surface area contributed by atoms with Crippen molar-refractivity contribution in [1.29, 1.82) is 0 Å². The maximum absolute atomic E-state index is 12.3. The third-order valence-corrected chi connectivity index (χ3v) is 7.00. The van der Waals surface area contributed by atoms with Gasteiger partial charge in [0.25, 0.3) is 0 Å². The van der Waals surface area contributed by atoms with E-state index in [9.17, 15) is 4.79 Å². The van der Waals surface area contributed by atoms with Gasteiger partial charge in [-0.25, -0.2) is 4.98 Å². The number of hydrogen-bond acceptors (Lipinski definition) is 5. The van der Waals surface area contributed by atoms with Gasteiger partial charge in [-0.05, 0) is 36.2 Å². The van der Waals surface area contributed by atoms with E-state index < -0.39 is 0 Å². The number of para-hydroxylation sites is 1. The van der Waals surface area contributed by atoms with Crippen molar-refractivity contribution in [3.63, 3.8) is 0 Å². The minimum absolute atomic E-state index is 0.0397. The molecule has 146 valence electrons. The zero-order valence-corrected chi connectivity index (χ0v) is 17.5. The normalized spacial score (nSPS) is 15.0. The van der Waals surface area contributed by atoms with Gasteiger partial charge in [0.2, 0.25) is 5.91 Å². The van der Waals surface area contributed by atoms with Crippen LogP contribution in [0.5, 0.6) is 0 Å². The highest BCUT2D eigenvalue weighted by Gasteiger charge is 2.10. The second kappa shape index (κ2) is 9.54. The largest absolute Gasteiger partial charge is 0.326 e. The van der Waals surface area contributed by atoms with E-state index in [2.05, 4.69) is 33.4 Å². The fraction of sp³-hybridized carbons (Fsp3) is 0.364. The van der Waals surface area contributed by atoms with E-state index >= 15 is 0 Å². The molecule has 1 amide bonds. The standard InChI is InChI=1S/C22H25N3OS2/c26-21(9-10-22-24-19-3-1-2-4-20(19)28-22)23-18-7-5-17(6-8-18)11-12-25-13-15-27-16-14-25/h1-8H,9-16H2,(H,23,26). The number of aromatic nitrogens is 1. The summed E-state index contributed by atoms with van der Waals surface area (Å²) in [5, 5.41) is 4.02. The summed E-state index contributed by atoms with van der Waals surface area (Å²) in [6.45, 7) is 3.52. The highest BCUT2D eigenvalue weighted by Crippen LogP contribution is 2.22. The summed E-state index contributed by atoms with van der Waals surface area (Å²) in [5.74, 6) is 2.54. The van der Waals surface area contributed by atoms with Crippen molar-refractivity contribution >= 4 is 44.9 Å². The molecule has 1 N–H and O–H groups in total. The molecule has 3 aromatic rings. The van der Waals surface area contributed by atoms with Crippen LogP contribution in [0.1, 0.15) is 17.0 Å². The zero-order chi connectivity index (χ0) is 19.2. The Hall–Kier alpha value is -1.89. The first-order valence-corrected chi connectivity index (χ1v) is 11.8. The number of anilines is 1. The fourth-order valence-corrected chi connectivity index (χ4v) is 5.28. The van der Waals surface area contributed by atoms with Crippen molar-refractivity contribution in [3.05, 3.63) is 59.1 Å². The van der Waals surface area contributed by atoms with Gasteiger partial charge >= 0.3 is 0 Å². The van der Waals surface area contributed by atoms with E-state index in [1.54, 1.807) is 11.3 Å². The lowest BCUT2D eigenvalue weighted by Gasteiger charge is -2.26. The van der Waals surface area contributed by atoms with Gasteiger partial charge in [0.15, 0.2) is 0 Å². The summed E-state index contributed by atoms with van der Waals surface area (Å²) < 4.78 is 1.18. The number of benzene rings is 2. The molecular formula is C22H25N3OS2. The maximum atomic E-state index is 12.3. The van der Waals surface area contributed by atoms with Crippen LogP contribution < -0.4 is 5.32 Å². The van der Waals surface area contributed by atoms with E-state index in [1.807, 2.05) is 42.1 Å². The van der Waals surface area contributed by atoms with Crippen molar-refractivity contribution in [1.82, 2.24) is 9.88 Å². The van der Waals surface area contributed by atoms with E-state index in [1.165, 1.54) is 34.9 Å². The van der Waals surface area contributed by atoms with Gasteiger partial charge in [0.05, 0.1) is 15.2 Å². The Morgan fingerprint density at radius 3 is 2.61 bits per heavy atom. The van der Waals surface area contributed by atoms with Crippen molar-refractivity contribution in [2.24, 2.45) is 0 Å². The van der Waals surface area contributed by atoms with E-state index in [0.29, 0.717) is 12.8 Å². The monoisotopic (exact) mass is 411 g/mol. The fourth-order valence-electron chi connectivity index (χ4n) is 3.34. The molecule has 6 heteroatoms. The molecular weight excluding hydrogens is 386 g/mol. The lowest BCUT2D eigenvalue weighted by atomic mass is 10.1. The van der Waals surface area contributed by atoms with Crippen LogP contribution in [0.15, 0.2) is 48.5 Å². The summed E-state index contributed by atoms with van der Waals surface area (Å²) in [6.07, 6.45) is 2.20. The van der Waals surface area contributed by atoms with Crippen LogP contribution in [-0.4, -0.2) is 46.9 Å². The number of nitrogens with one attached hydrogen (secondary N) is 1. The quantitative estimate of drug-likeness (QED) is 0.623. The first kappa shape index (κ1) is 19.4. The maximum Gasteiger partial charge on any atom is 0.224 e. The lowest BCUT2D eigenvalue weighted by molar-refractivity contribution is -0.116. The Labute approximate surface area is 174 Å². The smallest absolute Gasteiger partial charge is 0.224 e. The molecule has 2 aromatic carbocycles. The van der Waals surface area contributed by atoms with Crippen molar-refractivity contribution < 1.29 is 4.79 Å². The number of carbonyl (C=O) groups excluding carboxylic acids is 1. The van der Waals surface area contributed by atoms with Crippen molar-refractivity contribution in [2.45, 2.75) is 19.3 Å². The molecule has 0 radical (unpaired) electrons. The van der Waals surface area contributed by atoms with Gasteiger partial charge in [-0.1, -0.05) is 24.3 Å². The second-order valence-electron chi connectivity index (χ2n) is 7.02. The van der Waals surface area contributed by atoms with E-state index in [4.69, 9.17) is 0 Å². The molecule has 1 fully saturated rings. The third-order valence-electron chi connectivity index (χ3n) is 4.96. The number of aryl methyl sites for hydroxylation is 1. The van der Waals surface area contributed by atoms with E-state index in [0.717, 1.165) is 29.2 Å². The molecule has 1 saturated heterocycles. The van der Waals surface area contributed by atoms with Crippen LogP contribution in [0.25, 0.3) is 10.2 Å². The Morgan fingerprint density at radius 2 is 1.82 bits per heavy atom. The Balaban J connectivity index is 1.23. The minimum Gasteiger partial charge on any atom is -0.326 e. The molecule has 0 unspecified atom stereocenters. The molecule has 4 rings (SSSR count). The average Bonchev–Trinajstić information content (AvgIpc) is 3.16. The number of nitrogens with zero attached hydrogens (tertiary/aromatic N) is 2. The van der Waals surface area contributed by atoms with Gasteiger partial charge in [-0.3, -0.25) is 4.79 Å². The van der Waals surface area contributed by atoms with Crippen molar-refractivity contribution in [2.75, 3.05) is 36.5 Å². The first-order valence-electron chi connectivity index (χ1n) is 9.79. The minimum atomic E-state index is 0.0397. The Morgan fingerprint density at radius 1 is 1.04 bits per heavy atom. The Kier molecular flexibility index (Phi) is 6.62. The van der Waals surface area contributed by atoms with Crippen LogP contribution in [0.3, 0.4) is 0 Å². The number of amides is 1. The molecule has 0 bridgehead atoms. The number of thiazole rings is 1. The predicted molar refractivity (Wildman–Crippen MR) is 120 cm³/mol. The average molecular weight is 412 g/mol. The number of thioether (sulfide) groups is 1. The topological polar surface area (TPSA) is 45.2 Å². The molecule has 1 aromatic heterocycles. The van der Waals surface area contributed by atoms with Gasteiger partial charge in [-0.15, -0.1) is 11.3 Å². The first-order chi connectivity index (χ1) is 13.8. The molecule has 0 aliphatic carbocycles. The molecule has 28 heavy (non-hydrogen) atoms. The molecule has 0 saturated carbocycles. The van der Waals surface area contributed by atoms with Crippen LogP contribution in [0.2, 0.25) is 0 Å². The van der Waals surface area contributed by atoms with Gasteiger partial charge < -0.3 is 10.2 Å². The Bertz CT molecular complexity index is 884. The summed E-state index contributed by atoms with van der Waals surface area (Å²) in [4.78, 5) is 19.4. The number of carbonyl (C=O) groups is 1. The van der Waals surface area contributed by atoms with Crippen LogP contribution in [-0.2, 0) is 17.6 Å². The summed E-state index contributed by atoms with van der Waals surface area (Å²) in [6, 6.07) is 16.4. The molecule has 1 aliphatic heterocycles. The zero-order valence-electron chi connectivity index (χ0n) is 15.9. The SMILES string of the molecule is O=C(CCc1nc2ccccc2s1)Nc1ccc(CCN2CCSCC2)cc1. The molecule has 1 aliphatic rings. The summed E-state index contributed by atoms with van der Waals surface area (Å²) >= 11 is 3.71. The molecule has 0 spiro atoms.